The van der Waals surface area contributed by atoms with E-state index < -0.39 is 23.3 Å². The van der Waals surface area contributed by atoms with Crippen molar-refractivity contribution in [2.24, 2.45) is 11.8 Å². The third-order valence-corrected chi connectivity index (χ3v) is 6.82. The molecule has 0 saturated carbocycles. The number of rotatable bonds is 7. The SMILES string of the molecule is CCOC(=O)[C@]1(CCSC)N[C@H](c2cccs2)[C@H]2C(=O)N(CC)C(=O)[C@H]21. The van der Waals surface area contributed by atoms with Gasteiger partial charge in [-0.15, -0.1) is 11.3 Å². The van der Waals surface area contributed by atoms with E-state index in [-0.39, 0.29) is 24.5 Å². The first kappa shape index (κ1) is 19.4. The van der Waals surface area contributed by atoms with Gasteiger partial charge in [0.25, 0.3) is 0 Å². The molecule has 3 heterocycles. The van der Waals surface area contributed by atoms with Crippen molar-refractivity contribution in [2.75, 3.05) is 25.2 Å². The van der Waals surface area contributed by atoms with Crippen molar-refractivity contribution in [1.82, 2.24) is 10.2 Å². The molecule has 0 spiro atoms. The minimum atomic E-state index is -1.16. The molecule has 1 aromatic rings. The van der Waals surface area contributed by atoms with E-state index in [1.165, 1.54) is 16.2 Å². The zero-order chi connectivity index (χ0) is 18.9. The second kappa shape index (κ2) is 7.70. The van der Waals surface area contributed by atoms with Crippen LogP contribution >= 0.6 is 23.1 Å². The van der Waals surface area contributed by atoms with Crippen LogP contribution in [-0.4, -0.2) is 53.4 Å². The lowest BCUT2D eigenvalue weighted by Crippen LogP contribution is -2.56. The second-order valence-corrected chi connectivity index (χ2v) is 8.46. The van der Waals surface area contributed by atoms with Gasteiger partial charge in [-0.1, -0.05) is 6.07 Å². The van der Waals surface area contributed by atoms with Crippen LogP contribution in [0.1, 0.15) is 31.2 Å². The molecule has 4 atom stereocenters. The smallest absolute Gasteiger partial charge is 0.327 e. The number of thioether (sulfide) groups is 1. The molecule has 2 amide bonds. The molecule has 0 radical (unpaired) electrons. The Balaban J connectivity index is 2.10. The first-order valence-electron chi connectivity index (χ1n) is 8.84. The topological polar surface area (TPSA) is 75.7 Å². The molecule has 2 aliphatic heterocycles. The van der Waals surface area contributed by atoms with Gasteiger partial charge in [0.1, 0.15) is 5.54 Å². The van der Waals surface area contributed by atoms with Crippen LogP contribution in [0.3, 0.4) is 0 Å². The lowest BCUT2D eigenvalue weighted by Gasteiger charge is -2.32. The maximum absolute atomic E-state index is 13.1. The largest absolute Gasteiger partial charge is 0.465 e. The summed E-state index contributed by atoms with van der Waals surface area (Å²) in [4.78, 5) is 41.3. The maximum atomic E-state index is 13.1. The third-order valence-electron chi connectivity index (χ3n) is 5.25. The highest BCUT2D eigenvalue weighted by Crippen LogP contribution is 2.51. The van der Waals surface area contributed by atoms with Gasteiger partial charge in [0.05, 0.1) is 24.5 Å². The Hall–Kier alpha value is -1.38. The van der Waals surface area contributed by atoms with Crippen LogP contribution in [0.4, 0.5) is 0 Å². The number of hydrogen-bond acceptors (Lipinski definition) is 7. The second-order valence-electron chi connectivity index (χ2n) is 6.50. The van der Waals surface area contributed by atoms with Gasteiger partial charge in [-0.2, -0.15) is 11.8 Å². The van der Waals surface area contributed by atoms with Gasteiger partial charge in [0.2, 0.25) is 11.8 Å². The standard InChI is InChI=1S/C18H24N2O4S2/c1-4-20-15(21)12-13(16(20)22)18(8-10-25-3,17(23)24-5-2)19-14(12)11-7-6-9-26-11/h6-7,9,12-14,19H,4-5,8,10H2,1-3H3/t12-,13-,14+,18+/m0/s1. The Kier molecular flexibility index (Phi) is 5.74. The average molecular weight is 397 g/mol. The van der Waals surface area contributed by atoms with E-state index in [1.54, 1.807) is 25.6 Å². The molecule has 6 nitrogen and oxygen atoms in total. The van der Waals surface area contributed by atoms with Crippen molar-refractivity contribution in [3.8, 4) is 0 Å². The van der Waals surface area contributed by atoms with Gasteiger partial charge >= 0.3 is 5.97 Å². The predicted molar refractivity (Wildman–Crippen MR) is 102 cm³/mol. The summed E-state index contributed by atoms with van der Waals surface area (Å²) in [7, 11) is 0. The summed E-state index contributed by atoms with van der Waals surface area (Å²) in [6.07, 6.45) is 2.41. The number of thiophene rings is 1. The number of ether oxygens (including phenoxy) is 1. The highest BCUT2D eigenvalue weighted by atomic mass is 32.2. The van der Waals surface area contributed by atoms with Crippen LogP contribution in [0.25, 0.3) is 0 Å². The molecule has 0 aliphatic carbocycles. The maximum Gasteiger partial charge on any atom is 0.327 e. The van der Waals surface area contributed by atoms with Crippen molar-refractivity contribution in [2.45, 2.75) is 31.8 Å². The number of hydrogen-bond donors (Lipinski definition) is 1. The summed E-state index contributed by atoms with van der Waals surface area (Å²) in [5.41, 5.74) is -1.16. The van der Waals surface area contributed by atoms with Crippen LogP contribution in [0.2, 0.25) is 0 Å². The summed E-state index contributed by atoms with van der Waals surface area (Å²) in [6, 6.07) is 3.52. The summed E-state index contributed by atoms with van der Waals surface area (Å²) < 4.78 is 5.36. The highest BCUT2D eigenvalue weighted by molar-refractivity contribution is 7.98. The summed E-state index contributed by atoms with van der Waals surface area (Å²) in [5.74, 6) is -1.46. The number of nitrogens with one attached hydrogen (secondary N) is 1. The highest BCUT2D eigenvalue weighted by Gasteiger charge is 2.68. The van der Waals surface area contributed by atoms with E-state index in [4.69, 9.17) is 4.74 Å². The Morgan fingerprint density at radius 3 is 2.73 bits per heavy atom. The number of imide groups is 1. The Morgan fingerprint density at radius 2 is 2.15 bits per heavy atom. The zero-order valence-electron chi connectivity index (χ0n) is 15.2. The molecule has 1 aromatic heterocycles. The van der Waals surface area contributed by atoms with Crippen molar-refractivity contribution in [3.63, 3.8) is 0 Å². The lowest BCUT2D eigenvalue weighted by atomic mass is 9.78. The van der Waals surface area contributed by atoms with E-state index >= 15 is 0 Å². The molecule has 0 aromatic carbocycles. The number of carbonyl (C=O) groups excluding carboxylic acids is 3. The van der Waals surface area contributed by atoms with Crippen LogP contribution in [0, 0.1) is 11.8 Å². The van der Waals surface area contributed by atoms with Gasteiger partial charge in [-0.25, -0.2) is 0 Å². The number of amides is 2. The first-order chi connectivity index (χ1) is 12.5. The molecule has 2 saturated heterocycles. The number of carbonyl (C=O) groups is 3. The van der Waals surface area contributed by atoms with Crippen molar-refractivity contribution in [1.29, 1.82) is 0 Å². The lowest BCUT2D eigenvalue weighted by molar-refractivity contribution is -0.156. The van der Waals surface area contributed by atoms with E-state index in [9.17, 15) is 14.4 Å². The Bertz CT molecular complexity index is 693. The molecule has 142 valence electrons. The fraction of sp³-hybridized carbons (Fsp3) is 0.611. The van der Waals surface area contributed by atoms with E-state index in [0.29, 0.717) is 18.7 Å². The monoisotopic (exact) mass is 396 g/mol. The average Bonchev–Trinajstić information content (AvgIpc) is 3.31. The van der Waals surface area contributed by atoms with Crippen LogP contribution in [-0.2, 0) is 19.1 Å². The molecule has 2 fully saturated rings. The minimum absolute atomic E-state index is 0.191. The van der Waals surface area contributed by atoms with Gasteiger partial charge in [-0.3, -0.25) is 24.6 Å². The number of fused-ring (bicyclic) bond motifs is 1. The van der Waals surface area contributed by atoms with Crippen LogP contribution < -0.4 is 5.32 Å². The number of likely N-dealkylation sites (tertiary alicyclic amines) is 1. The molecule has 1 N–H and O–H groups in total. The summed E-state index contributed by atoms with van der Waals surface area (Å²) >= 11 is 3.14. The molecule has 8 heteroatoms. The Labute approximate surface area is 161 Å². The van der Waals surface area contributed by atoms with Crippen molar-refractivity contribution < 1.29 is 19.1 Å². The summed E-state index contributed by atoms with van der Waals surface area (Å²) in [5, 5.41) is 5.33. The van der Waals surface area contributed by atoms with E-state index in [2.05, 4.69) is 5.32 Å². The van der Waals surface area contributed by atoms with Gasteiger partial charge in [-0.05, 0) is 43.7 Å². The number of esters is 1. The molecular formula is C18H24N2O4S2. The normalized spacial score (nSPS) is 30.7. The van der Waals surface area contributed by atoms with Crippen LogP contribution in [0.15, 0.2) is 17.5 Å². The first-order valence-corrected chi connectivity index (χ1v) is 11.1. The van der Waals surface area contributed by atoms with Crippen LogP contribution in [0.5, 0.6) is 0 Å². The fourth-order valence-corrected chi connectivity index (χ4v) is 5.48. The third kappa shape index (κ3) is 2.88. The van der Waals surface area contributed by atoms with E-state index in [1.807, 2.05) is 23.8 Å². The van der Waals surface area contributed by atoms with E-state index in [0.717, 1.165) is 4.88 Å². The van der Waals surface area contributed by atoms with Crippen molar-refractivity contribution in [3.05, 3.63) is 22.4 Å². The van der Waals surface area contributed by atoms with Gasteiger partial charge in [0, 0.05) is 11.4 Å². The molecular weight excluding hydrogens is 372 g/mol. The molecule has 0 bridgehead atoms. The minimum Gasteiger partial charge on any atom is -0.465 e. The zero-order valence-corrected chi connectivity index (χ0v) is 16.8. The summed E-state index contributed by atoms with van der Waals surface area (Å²) in [6.45, 7) is 4.10. The predicted octanol–water partition coefficient (Wildman–Crippen LogP) is 2.07. The fourth-order valence-electron chi connectivity index (χ4n) is 4.13. The Morgan fingerprint density at radius 1 is 1.38 bits per heavy atom. The molecule has 26 heavy (non-hydrogen) atoms. The van der Waals surface area contributed by atoms with Gasteiger partial charge < -0.3 is 4.74 Å². The quantitative estimate of drug-likeness (QED) is 0.562. The van der Waals surface area contributed by atoms with Crippen molar-refractivity contribution >= 4 is 40.9 Å². The molecule has 0 unspecified atom stereocenters. The molecule has 3 rings (SSSR count). The molecule has 2 aliphatic rings. The van der Waals surface area contributed by atoms with Gasteiger partial charge in [0.15, 0.2) is 0 Å². The number of nitrogens with zero attached hydrogens (tertiary/aromatic N) is 1.